The molecule has 11 heteroatoms. The Balaban J connectivity index is 2.15. The van der Waals surface area contributed by atoms with Gasteiger partial charge in [0.25, 0.3) is 5.91 Å². The molecule has 0 bridgehead atoms. The van der Waals surface area contributed by atoms with Crippen molar-refractivity contribution in [2.75, 3.05) is 0 Å². The van der Waals surface area contributed by atoms with E-state index in [0.29, 0.717) is 18.2 Å². The van der Waals surface area contributed by atoms with Gasteiger partial charge in [-0.3, -0.25) is 4.79 Å². The molecule has 0 aliphatic rings. The van der Waals surface area contributed by atoms with E-state index in [1.54, 1.807) is 0 Å². The zero-order valence-corrected chi connectivity index (χ0v) is 13.7. The van der Waals surface area contributed by atoms with Crippen molar-refractivity contribution in [3.63, 3.8) is 0 Å². The van der Waals surface area contributed by atoms with Crippen LogP contribution >= 0.6 is 0 Å². The van der Waals surface area contributed by atoms with Crippen LogP contribution in [-0.4, -0.2) is 20.7 Å². The number of primary amides is 1. The lowest BCUT2D eigenvalue weighted by molar-refractivity contribution is -0.141. The molecule has 2 N–H and O–H groups in total. The molecule has 0 saturated carbocycles. The number of benzene rings is 2. The summed E-state index contributed by atoms with van der Waals surface area (Å²) in [6.07, 6.45) is -8.56. The largest absolute Gasteiger partial charge is 0.417 e. The van der Waals surface area contributed by atoms with Gasteiger partial charge in [-0.1, -0.05) is 12.1 Å². The van der Waals surface area contributed by atoms with E-state index < -0.39 is 35.0 Å². The third-order valence-corrected chi connectivity index (χ3v) is 3.79. The van der Waals surface area contributed by atoms with Crippen LogP contribution in [0.25, 0.3) is 16.8 Å². The van der Waals surface area contributed by atoms with Crippen LogP contribution in [0.1, 0.15) is 21.7 Å². The first-order chi connectivity index (χ1) is 13.0. The fraction of sp³-hybridized carbons (Fsp3) is 0.118. The molecule has 3 aromatic rings. The zero-order chi connectivity index (χ0) is 20.7. The van der Waals surface area contributed by atoms with E-state index in [-0.39, 0.29) is 17.1 Å². The summed E-state index contributed by atoms with van der Waals surface area (Å²) >= 11 is 0. The Morgan fingerprint density at radius 2 is 1.68 bits per heavy atom. The standard InChI is InChI=1S/C17H10F6N4O/c18-16(19,20)10-4-5-13(17(21,22)23)12(7-10)9-2-1-3-11(6-9)27-8-25-15(26-27)14(24)28/h1-8H,(H2,24,28). The highest BCUT2D eigenvalue weighted by Gasteiger charge is 2.37. The summed E-state index contributed by atoms with van der Waals surface area (Å²) in [6, 6.07) is 6.43. The molecule has 0 saturated heterocycles. The van der Waals surface area contributed by atoms with Crippen LogP contribution in [0.4, 0.5) is 26.3 Å². The molecule has 28 heavy (non-hydrogen) atoms. The number of rotatable bonds is 3. The lowest BCUT2D eigenvalue weighted by Gasteiger charge is -2.16. The summed E-state index contributed by atoms with van der Waals surface area (Å²) in [5.74, 6) is -1.23. The number of carbonyl (C=O) groups is 1. The van der Waals surface area contributed by atoms with Gasteiger partial charge in [-0.15, -0.1) is 5.10 Å². The highest BCUT2D eigenvalue weighted by molar-refractivity contribution is 5.88. The van der Waals surface area contributed by atoms with Gasteiger partial charge in [0.1, 0.15) is 6.33 Å². The van der Waals surface area contributed by atoms with Crippen LogP contribution in [0.15, 0.2) is 48.8 Å². The molecule has 0 aliphatic heterocycles. The van der Waals surface area contributed by atoms with Gasteiger partial charge in [-0.05, 0) is 41.5 Å². The van der Waals surface area contributed by atoms with Gasteiger partial charge in [-0.25, -0.2) is 9.67 Å². The molecule has 2 aromatic carbocycles. The highest BCUT2D eigenvalue weighted by Crippen LogP contribution is 2.40. The van der Waals surface area contributed by atoms with E-state index in [9.17, 15) is 31.1 Å². The second-order valence-electron chi connectivity index (χ2n) is 5.68. The first-order valence-corrected chi connectivity index (χ1v) is 7.57. The van der Waals surface area contributed by atoms with Gasteiger partial charge >= 0.3 is 12.4 Å². The number of alkyl halides is 6. The minimum Gasteiger partial charge on any atom is -0.363 e. The van der Waals surface area contributed by atoms with Crippen molar-refractivity contribution in [2.24, 2.45) is 5.73 Å². The predicted molar refractivity (Wildman–Crippen MR) is 85.3 cm³/mol. The number of halogens is 6. The molecular formula is C17H10F6N4O. The maximum atomic E-state index is 13.3. The van der Waals surface area contributed by atoms with Gasteiger partial charge in [-0.2, -0.15) is 26.3 Å². The zero-order valence-electron chi connectivity index (χ0n) is 13.7. The molecule has 0 atom stereocenters. The lowest BCUT2D eigenvalue weighted by atomic mass is 9.96. The van der Waals surface area contributed by atoms with Crippen molar-refractivity contribution in [1.82, 2.24) is 14.8 Å². The van der Waals surface area contributed by atoms with Crippen molar-refractivity contribution in [1.29, 1.82) is 0 Å². The summed E-state index contributed by atoms with van der Waals surface area (Å²) in [4.78, 5) is 14.7. The third-order valence-electron chi connectivity index (χ3n) is 3.79. The van der Waals surface area contributed by atoms with Gasteiger partial charge < -0.3 is 5.73 Å². The average Bonchev–Trinajstić information content (AvgIpc) is 3.10. The monoisotopic (exact) mass is 400 g/mol. The number of hydrogen-bond donors (Lipinski definition) is 1. The smallest absolute Gasteiger partial charge is 0.363 e. The van der Waals surface area contributed by atoms with E-state index in [4.69, 9.17) is 5.73 Å². The first kappa shape index (κ1) is 19.4. The maximum absolute atomic E-state index is 13.3. The van der Waals surface area contributed by atoms with Gasteiger partial charge in [0.05, 0.1) is 16.8 Å². The Morgan fingerprint density at radius 1 is 0.964 bits per heavy atom. The molecule has 0 aliphatic carbocycles. The molecule has 0 spiro atoms. The molecule has 0 radical (unpaired) electrons. The van der Waals surface area contributed by atoms with Crippen LogP contribution in [0.3, 0.4) is 0 Å². The second-order valence-corrected chi connectivity index (χ2v) is 5.68. The number of aromatic nitrogens is 3. The molecular weight excluding hydrogens is 390 g/mol. The minimum absolute atomic E-state index is 0.118. The van der Waals surface area contributed by atoms with Crippen molar-refractivity contribution in [2.45, 2.75) is 12.4 Å². The Labute approximate surface area is 153 Å². The molecule has 146 valence electrons. The van der Waals surface area contributed by atoms with Crippen LogP contribution in [-0.2, 0) is 12.4 Å². The van der Waals surface area contributed by atoms with E-state index in [2.05, 4.69) is 10.1 Å². The average molecular weight is 400 g/mol. The third kappa shape index (κ3) is 3.82. The number of nitrogens with zero attached hydrogens (tertiary/aromatic N) is 3. The molecule has 5 nitrogen and oxygen atoms in total. The Bertz CT molecular complexity index is 1040. The van der Waals surface area contributed by atoms with E-state index in [1.165, 1.54) is 24.3 Å². The number of hydrogen-bond acceptors (Lipinski definition) is 3. The fourth-order valence-electron chi connectivity index (χ4n) is 2.52. The molecule has 1 amide bonds. The maximum Gasteiger partial charge on any atom is 0.417 e. The Hall–Kier alpha value is -3.37. The Morgan fingerprint density at radius 3 is 2.25 bits per heavy atom. The van der Waals surface area contributed by atoms with Gasteiger partial charge in [0.2, 0.25) is 5.82 Å². The quantitative estimate of drug-likeness (QED) is 0.674. The van der Waals surface area contributed by atoms with Crippen LogP contribution in [0.2, 0.25) is 0 Å². The highest BCUT2D eigenvalue weighted by atomic mass is 19.4. The van der Waals surface area contributed by atoms with E-state index in [1.807, 2.05) is 0 Å². The van der Waals surface area contributed by atoms with Crippen molar-refractivity contribution < 1.29 is 31.1 Å². The van der Waals surface area contributed by atoms with E-state index >= 15 is 0 Å². The SMILES string of the molecule is NC(=O)c1ncn(-c2cccc(-c3cc(C(F)(F)F)ccc3C(F)(F)F)c2)n1. The van der Waals surface area contributed by atoms with Crippen LogP contribution in [0.5, 0.6) is 0 Å². The number of nitrogens with two attached hydrogens (primary N) is 1. The summed E-state index contributed by atoms with van der Waals surface area (Å²) in [7, 11) is 0. The molecule has 1 heterocycles. The normalized spacial score (nSPS) is 12.2. The molecule has 1 aromatic heterocycles. The molecule has 3 rings (SSSR count). The van der Waals surface area contributed by atoms with Gasteiger partial charge in [0, 0.05) is 0 Å². The number of carbonyl (C=O) groups excluding carboxylic acids is 1. The Kier molecular flexibility index (Phi) is 4.61. The number of amides is 1. The molecule has 0 unspecified atom stereocenters. The molecule has 0 fully saturated rings. The van der Waals surface area contributed by atoms with Crippen molar-refractivity contribution in [3.05, 3.63) is 65.7 Å². The van der Waals surface area contributed by atoms with Crippen molar-refractivity contribution in [3.8, 4) is 16.8 Å². The summed E-state index contributed by atoms with van der Waals surface area (Å²) < 4.78 is 80.0. The van der Waals surface area contributed by atoms with Crippen LogP contribution in [0, 0.1) is 0 Å². The van der Waals surface area contributed by atoms with Crippen LogP contribution < -0.4 is 5.73 Å². The predicted octanol–water partition coefficient (Wildman–Crippen LogP) is 4.07. The topological polar surface area (TPSA) is 73.8 Å². The first-order valence-electron chi connectivity index (χ1n) is 7.57. The van der Waals surface area contributed by atoms with Crippen molar-refractivity contribution >= 4 is 5.91 Å². The van der Waals surface area contributed by atoms with Gasteiger partial charge in [0.15, 0.2) is 0 Å². The fourth-order valence-corrected chi connectivity index (χ4v) is 2.52. The second kappa shape index (κ2) is 6.66. The van der Waals surface area contributed by atoms with E-state index in [0.717, 1.165) is 11.0 Å². The minimum atomic E-state index is -4.86. The summed E-state index contributed by atoms with van der Waals surface area (Å²) in [5, 5.41) is 3.77. The lowest BCUT2D eigenvalue weighted by Crippen LogP contribution is -2.13. The summed E-state index contributed by atoms with van der Waals surface area (Å²) in [5.41, 5.74) is 2.04. The summed E-state index contributed by atoms with van der Waals surface area (Å²) in [6.45, 7) is 0.